The predicted octanol–water partition coefficient (Wildman–Crippen LogP) is 1.76. The first kappa shape index (κ1) is 13.8. The quantitative estimate of drug-likeness (QED) is 0.489. The molecule has 1 aromatic rings. The number of carbonyl (C=O) groups is 2. The molecule has 0 heterocycles. The minimum atomic E-state index is -1.25. The summed E-state index contributed by atoms with van der Waals surface area (Å²) < 4.78 is 10.2. The van der Waals surface area contributed by atoms with Crippen LogP contribution in [0.1, 0.15) is 12.5 Å². The fourth-order valence-corrected chi connectivity index (χ4v) is 1.42. The fourth-order valence-electron chi connectivity index (χ4n) is 1.42. The topological polar surface area (TPSA) is 72.8 Å². The number of hydrogen-bond donors (Lipinski definition) is 1. The van der Waals surface area contributed by atoms with Crippen LogP contribution in [0.2, 0.25) is 0 Å². The van der Waals surface area contributed by atoms with Gasteiger partial charge in [-0.25, -0.2) is 4.79 Å². The summed E-state index contributed by atoms with van der Waals surface area (Å²) in [7, 11) is 2.99. The normalized spacial score (nSPS) is 10.9. The summed E-state index contributed by atoms with van der Waals surface area (Å²) in [4.78, 5) is 22.0. The molecule has 0 spiro atoms. The second-order valence-electron chi connectivity index (χ2n) is 3.53. The molecule has 1 rings (SSSR count). The summed E-state index contributed by atoms with van der Waals surface area (Å²) >= 11 is 0. The highest BCUT2D eigenvalue weighted by Crippen LogP contribution is 2.28. The van der Waals surface area contributed by atoms with Crippen molar-refractivity contribution in [1.82, 2.24) is 0 Å². The number of benzene rings is 1. The van der Waals surface area contributed by atoms with E-state index in [1.54, 1.807) is 18.2 Å². The maximum atomic E-state index is 11.2. The summed E-state index contributed by atoms with van der Waals surface area (Å²) in [5.74, 6) is -0.747. The minimum absolute atomic E-state index is 0.276. The molecule has 5 heteroatoms. The van der Waals surface area contributed by atoms with Crippen molar-refractivity contribution in [3.63, 3.8) is 0 Å². The molecule has 0 aliphatic carbocycles. The number of methoxy groups -OCH3 is 2. The molecule has 1 aromatic carbocycles. The lowest BCUT2D eigenvalue weighted by Crippen LogP contribution is -2.08. The molecule has 5 nitrogen and oxygen atoms in total. The van der Waals surface area contributed by atoms with Crippen LogP contribution in [0.15, 0.2) is 23.8 Å². The first-order valence-corrected chi connectivity index (χ1v) is 5.17. The Bertz CT molecular complexity index is 486. The van der Waals surface area contributed by atoms with Gasteiger partial charge in [-0.05, 0) is 30.7 Å². The number of aliphatic carboxylic acids is 1. The highest BCUT2D eigenvalue weighted by atomic mass is 16.5. The lowest BCUT2D eigenvalue weighted by atomic mass is 10.1. The van der Waals surface area contributed by atoms with Gasteiger partial charge in [-0.1, -0.05) is 6.07 Å². The van der Waals surface area contributed by atoms with Crippen molar-refractivity contribution in [2.75, 3.05) is 14.2 Å². The van der Waals surface area contributed by atoms with Gasteiger partial charge < -0.3 is 14.6 Å². The number of ketones is 1. The Labute approximate surface area is 105 Å². The number of ether oxygens (including phenoxy) is 2. The highest BCUT2D eigenvalue weighted by Gasteiger charge is 2.13. The molecule has 18 heavy (non-hydrogen) atoms. The second kappa shape index (κ2) is 5.86. The lowest BCUT2D eigenvalue weighted by molar-refractivity contribution is -0.134. The summed E-state index contributed by atoms with van der Waals surface area (Å²) in [6.07, 6.45) is 1.30. The van der Waals surface area contributed by atoms with Crippen LogP contribution in [-0.4, -0.2) is 31.1 Å². The molecule has 1 N–H and O–H groups in total. The van der Waals surface area contributed by atoms with E-state index in [1.165, 1.54) is 27.2 Å². The fraction of sp³-hybridized carbons (Fsp3) is 0.231. The molecule has 0 atom stereocenters. The first-order chi connectivity index (χ1) is 8.49. The zero-order valence-corrected chi connectivity index (χ0v) is 10.4. The largest absolute Gasteiger partial charge is 0.493 e. The SMILES string of the molecule is COc1ccc(C=C(C(C)=O)C(=O)O)cc1OC. The monoisotopic (exact) mass is 250 g/mol. The zero-order chi connectivity index (χ0) is 13.7. The Morgan fingerprint density at radius 1 is 1.17 bits per heavy atom. The van der Waals surface area contributed by atoms with Crippen LogP contribution < -0.4 is 9.47 Å². The van der Waals surface area contributed by atoms with Gasteiger partial charge in [0.2, 0.25) is 0 Å². The van der Waals surface area contributed by atoms with E-state index in [0.717, 1.165) is 0 Å². The average Bonchev–Trinajstić information content (AvgIpc) is 2.34. The lowest BCUT2D eigenvalue weighted by Gasteiger charge is -2.08. The molecular weight excluding hydrogens is 236 g/mol. The smallest absolute Gasteiger partial charge is 0.339 e. The van der Waals surface area contributed by atoms with Crippen molar-refractivity contribution in [2.24, 2.45) is 0 Å². The Balaban J connectivity index is 3.22. The van der Waals surface area contributed by atoms with Crippen molar-refractivity contribution in [2.45, 2.75) is 6.92 Å². The molecule has 0 radical (unpaired) electrons. The molecule has 0 aromatic heterocycles. The average molecular weight is 250 g/mol. The Morgan fingerprint density at radius 3 is 2.22 bits per heavy atom. The van der Waals surface area contributed by atoms with Gasteiger partial charge in [0.25, 0.3) is 0 Å². The summed E-state index contributed by atoms with van der Waals surface area (Å²) in [5.41, 5.74) is 0.280. The van der Waals surface area contributed by atoms with Crippen molar-refractivity contribution in [3.05, 3.63) is 29.3 Å². The third-order valence-electron chi connectivity index (χ3n) is 2.33. The number of carboxylic acids is 1. The molecule has 0 bridgehead atoms. The van der Waals surface area contributed by atoms with E-state index >= 15 is 0 Å². The standard InChI is InChI=1S/C13H14O5/c1-8(14)10(13(15)16)6-9-4-5-11(17-2)12(7-9)18-3/h4-7H,1-3H3,(H,15,16). The van der Waals surface area contributed by atoms with E-state index in [9.17, 15) is 9.59 Å². The number of rotatable bonds is 5. The molecule has 96 valence electrons. The van der Waals surface area contributed by atoms with E-state index in [-0.39, 0.29) is 5.57 Å². The molecule has 0 amide bonds. The summed E-state index contributed by atoms with van der Waals surface area (Å²) in [5, 5.41) is 8.89. The molecule has 0 fully saturated rings. The molecule has 0 aliphatic heterocycles. The zero-order valence-electron chi connectivity index (χ0n) is 10.4. The van der Waals surface area contributed by atoms with Crippen LogP contribution in [0.4, 0.5) is 0 Å². The first-order valence-electron chi connectivity index (χ1n) is 5.17. The van der Waals surface area contributed by atoms with E-state index in [1.807, 2.05) is 0 Å². The van der Waals surface area contributed by atoms with Crippen molar-refractivity contribution < 1.29 is 24.2 Å². The van der Waals surface area contributed by atoms with E-state index in [2.05, 4.69) is 0 Å². The molecule has 0 saturated heterocycles. The second-order valence-corrected chi connectivity index (χ2v) is 3.53. The van der Waals surface area contributed by atoms with Gasteiger partial charge in [0.05, 0.1) is 14.2 Å². The third kappa shape index (κ3) is 3.10. The molecule has 0 saturated carbocycles. The van der Waals surface area contributed by atoms with Gasteiger partial charge in [0.15, 0.2) is 17.3 Å². The Kier molecular flexibility index (Phi) is 4.48. The van der Waals surface area contributed by atoms with Crippen molar-refractivity contribution in [1.29, 1.82) is 0 Å². The van der Waals surface area contributed by atoms with E-state index < -0.39 is 11.8 Å². The van der Waals surface area contributed by atoms with Crippen LogP contribution in [0, 0.1) is 0 Å². The van der Waals surface area contributed by atoms with Crippen molar-refractivity contribution >= 4 is 17.8 Å². The molecular formula is C13H14O5. The predicted molar refractivity (Wildman–Crippen MR) is 65.8 cm³/mol. The van der Waals surface area contributed by atoms with Crippen LogP contribution in [-0.2, 0) is 9.59 Å². The third-order valence-corrected chi connectivity index (χ3v) is 2.33. The molecule has 0 unspecified atom stereocenters. The van der Waals surface area contributed by atoms with Crippen LogP contribution in [0.3, 0.4) is 0 Å². The van der Waals surface area contributed by atoms with Gasteiger partial charge in [-0.3, -0.25) is 4.79 Å². The van der Waals surface area contributed by atoms with Crippen LogP contribution >= 0.6 is 0 Å². The van der Waals surface area contributed by atoms with Gasteiger partial charge in [0, 0.05) is 0 Å². The van der Waals surface area contributed by atoms with Crippen LogP contribution in [0.25, 0.3) is 6.08 Å². The maximum Gasteiger partial charge on any atom is 0.339 e. The number of hydrogen-bond acceptors (Lipinski definition) is 4. The minimum Gasteiger partial charge on any atom is -0.493 e. The van der Waals surface area contributed by atoms with Gasteiger partial charge in [0.1, 0.15) is 5.57 Å². The number of Topliss-reactive ketones (excluding diaryl/α,β-unsaturated/α-hetero) is 1. The summed E-state index contributed by atoms with van der Waals surface area (Å²) in [6, 6.07) is 4.89. The molecule has 0 aliphatic rings. The maximum absolute atomic E-state index is 11.2. The highest BCUT2D eigenvalue weighted by molar-refractivity contribution is 6.19. The van der Waals surface area contributed by atoms with E-state index in [0.29, 0.717) is 17.1 Å². The Morgan fingerprint density at radius 2 is 1.78 bits per heavy atom. The van der Waals surface area contributed by atoms with E-state index in [4.69, 9.17) is 14.6 Å². The van der Waals surface area contributed by atoms with Crippen molar-refractivity contribution in [3.8, 4) is 11.5 Å². The van der Waals surface area contributed by atoms with Gasteiger partial charge >= 0.3 is 5.97 Å². The van der Waals surface area contributed by atoms with Crippen LogP contribution in [0.5, 0.6) is 11.5 Å². The summed E-state index contributed by atoms with van der Waals surface area (Å²) in [6.45, 7) is 1.21. The number of carbonyl (C=O) groups excluding carboxylic acids is 1. The van der Waals surface area contributed by atoms with Gasteiger partial charge in [-0.15, -0.1) is 0 Å². The number of carboxylic acid groups (broad SMARTS) is 1. The van der Waals surface area contributed by atoms with Gasteiger partial charge in [-0.2, -0.15) is 0 Å². The Hall–Kier alpha value is -2.30.